The molecule has 0 aromatic heterocycles. The van der Waals surface area contributed by atoms with Gasteiger partial charge in [-0.3, -0.25) is 4.21 Å². The summed E-state index contributed by atoms with van der Waals surface area (Å²) in [6.07, 6.45) is 8.47. The molecule has 1 aliphatic carbocycles. The van der Waals surface area contributed by atoms with Crippen LogP contribution in [0, 0.1) is 11.8 Å². The van der Waals surface area contributed by atoms with E-state index in [0.29, 0.717) is 0 Å². The van der Waals surface area contributed by atoms with E-state index < -0.39 is 10.8 Å². The van der Waals surface area contributed by atoms with Crippen LogP contribution in [0.1, 0.15) is 39.0 Å². The van der Waals surface area contributed by atoms with Gasteiger partial charge in [-0.05, 0) is 37.8 Å². The minimum Gasteiger partial charge on any atom is -0.316 e. The summed E-state index contributed by atoms with van der Waals surface area (Å²) < 4.78 is 10.8. The summed E-state index contributed by atoms with van der Waals surface area (Å²) in [5.74, 6) is 2.62. The van der Waals surface area contributed by atoms with Gasteiger partial charge in [0.25, 0.3) is 0 Å². The van der Waals surface area contributed by atoms with Gasteiger partial charge in [0, 0.05) is 22.8 Å². The first-order valence-electron chi connectivity index (χ1n) is 6.21. The molecule has 0 heterocycles. The summed E-state index contributed by atoms with van der Waals surface area (Å²) in [5.41, 5.74) is 0. The van der Waals surface area contributed by atoms with Crippen molar-refractivity contribution in [3.63, 3.8) is 0 Å². The van der Waals surface area contributed by atoms with E-state index in [-0.39, 0.29) is 0 Å². The van der Waals surface area contributed by atoms with Crippen molar-refractivity contribution < 1.29 is 4.21 Å². The Bertz CT molecular complexity index is 196. The molecular formula is C12H25NOS. The van der Waals surface area contributed by atoms with Gasteiger partial charge in [-0.1, -0.05) is 26.2 Å². The third-order valence-corrected chi connectivity index (χ3v) is 4.34. The Hall–Kier alpha value is 0.110. The van der Waals surface area contributed by atoms with E-state index in [0.717, 1.165) is 37.1 Å². The molecule has 1 aliphatic rings. The molecule has 2 nitrogen and oxygen atoms in total. The van der Waals surface area contributed by atoms with Crippen molar-refractivity contribution in [3.8, 4) is 0 Å². The van der Waals surface area contributed by atoms with Crippen LogP contribution in [0.4, 0.5) is 0 Å². The largest absolute Gasteiger partial charge is 0.316 e. The third-order valence-electron chi connectivity index (χ3n) is 3.48. The second kappa shape index (κ2) is 7.39. The highest BCUT2D eigenvalue weighted by Crippen LogP contribution is 2.28. The van der Waals surface area contributed by atoms with Crippen molar-refractivity contribution in [3.05, 3.63) is 0 Å². The van der Waals surface area contributed by atoms with Crippen LogP contribution in [-0.2, 0) is 10.8 Å². The molecule has 0 unspecified atom stereocenters. The maximum Gasteiger partial charge on any atom is 0.0244 e. The third kappa shape index (κ3) is 5.67. The van der Waals surface area contributed by atoms with Crippen LogP contribution in [0.15, 0.2) is 0 Å². The van der Waals surface area contributed by atoms with Crippen molar-refractivity contribution in [2.45, 2.75) is 39.0 Å². The van der Waals surface area contributed by atoms with Gasteiger partial charge < -0.3 is 5.32 Å². The Labute approximate surface area is 96.7 Å². The standard InChI is InChI=1S/C12H25NOS/c1-11-6-3-4-7-12(11)10-13-8-5-9-15(2)14/h11-13H,3-10H2,1-2H3/t11-,12+,15+/m1/s1. The first kappa shape index (κ1) is 13.2. The van der Waals surface area contributed by atoms with Crippen molar-refractivity contribution >= 4 is 10.8 Å². The van der Waals surface area contributed by atoms with Crippen LogP contribution in [0.25, 0.3) is 0 Å². The van der Waals surface area contributed by atoms with Gasteiger partial charge >= 0.3 is 0 Å². The number of hydrogen-bond acceptors (Lipinski definition) is 2. The van der Waals surface area contributed by atoms with Gasteiger partial charge in [-0.15, -0.1) is 0 Å². The molecule has 90 valence electrons. The lowest BCUT2D eigenvalue weighted by Gasteiger charge is -2.28. The zero-order chi connectivity index (χ0) is 11.1. The molecule has 0 radical (unpaired) electrons. The molecule has 0 aromatic rings. The van der Waals surface area contributed by atoms with Crippen LogP contribution < -0.4 is 5.32 Å². The first-order valence-corrected chi connectivity index (χ1v) is 7.93. The van der Waals surface area contributed by atoms with E-state index >= 15 is 0 Å². The van der Waals surface area contributed by atoms with Crippen LogP contribution in [0.3, 0.4) is 0 Å². The van der Waals surface area contributed by atoms with Crippen molar-refractivity contribution in [2.24, 2.45) is 11.8 Å². The Balaban J connectivity index is 2.01. The quantitative estimate of drug-likeness (QED) is 0.710. The molecule has 0 bridgehead atoms. The predicted octanol–water partition coefficient (Wildman–Crippen LogP) is 2.17. The van der Waals surface area contributed by atoms with E-state index in [1.165, 1.54) is 25.7 Å². The molecule has 1 N–H and O–H groups in total. The van der Waals surface area contributed by atoms with Crippen molar-refractivity contribution in [1.29, 1.82) is 0 Å². The average Bonchev–Trinajstić information content (AvgIpc) is 2.20. The molecule has 3 atom stereocenters. The summed E-state index contributed by atoms with van der Waals surface area (Å²) in [5, 5.41) is 3.51. The summed E-state index contributed by atoms with van der Waals surface area (Å²) in [4.78, 5) is 0. The van der Waals surface area contributed by atoms with Crippen LogP contribution >= 0.6 is 0 Å². The Morgan fingerprint density at radius 1 is 1.33 bits per heavy atom. The van der Waals surface area contributed by atoms with Gasteiger partial charge in [-0.2, -0.15) is 0 Å². The summed E-state index contributed by atoms with van der Waals surface area (Å²) in [6.45, 7) is 4.58. The molecule has 3 heteroatoms. The molecule has 15 heavy (non-hydrogen) atoms. The molecular weight excluding hydrogens is 206 g/mol. The van der Waals surface area contributed by atoms with E-state index in [9.17, 15) is 4.21 Å². The smallest absolute Gasteiger partial charge is 0.0244 e. The molecule has 0 spiro atoms. The second-order valence-electron chi connectivity index (χ2n) is 4.86. The zero-order valence-electron chi connectivity index (χ0n) is 10.1. The van der Waals surface area contributed by atoms with Gasteiger partial charge in [0.15, 0.2) is 0 Å². The highest BCUT2D eigenvalue weighted by Gasteiger charge is 2.20. The van der Waals surface area contributed by atoms with Gasteiger partial charge in [0.2, 0.25) is 0 Å². The molecule has 0 aliphatic heterocycles. The number of hydrogen-bond donors (Lipinski definition) is 1. The highest BCUT2D eigenvalue weighted by molar-refractivity contribution is 7.84. The van der Waals surface area contributed by atoms with Gasteiger partial charge in [0.1, 0.15) is 0 Å². The predicted molar refractivity (Wildman–Crippen MR) is 67.5 cm³/mol. The van der Waals surface area contributed by atoms with Crippen molar-refractivity contribution in [2.75, 3.05) is 25.1 Å². The summed E-state index contributed by atoms with van der Waals surface area (Å²) >= 11 is 0. The fourth-order valence-electron chi connectivity index (χ4n) is 2.38. The molecule has 1 rings (SSSR count). The monoisotopic (exact) mass is 231 g/mol. The molecule has 1 saturated carbocycles. The fraction of sp³-hybridized carbons (Fsp3) is 1.00. The lowest BCUT2D eigenvalue weighted by atomic mass is 9.80. The Kier molecular flexibility index (Phi) is 6.50. The topological polar surface area (TPSA) is 29.1 Å². The lowest BCUT2D eigenvalue weighted by molar-refractivity contribution is 0.248. The summed E-state index contributed by atoms with van der Waals surface area (Å²) in [7, 11) is -0.621. The lowest BCUT2D eigenvalue weighted by Crippen LogP contribution is -2.30. The van der Waals surface area contributed by atoms with E-state index in [4.69, 9.17) is 0 Å². The number of nitrogens with one attached hydrogen (secondary N) is 1. The minimum absolute atomic E-state index is 0.621. The minimum atomic E-state index is -0.621. The molecule has 1 fully saturated rings. The van der Waals surface area contributed by atoms with Crippen LogP contribution in [0.5, 0.6) is 0 Å². The number of rotatable bonds is 6. The normalized spacial score (nSPS) is 28.9. The first-order chi connectivity index (χ1) is 7.20. The van der Waals surface area contributed by atoms with Gasteiger partial charge in [-0.25, -0.2) is 0 Å². The average molecular weight is 231 g/mol. The zero-order valence-corrected chi connectivity index (χ0v) is 10.9. The molecule has 0 amide bonds. The molecule has 0 saturated heterocycles. The Morgan fingerprint density at radius 2 is 2.07 bits per heavy atom. The maximum atomic E-state index is 10.8. The van der Waals surface area contributed by atoms with Crippen LogP contribution in [0.2, 0.25) is 0 Å². The van der Waals surface area contributed by atoms with E-state index in [2.05, 4.69) is 12.2 Å². The second-order valence-corrected chi connectivity index (χ2v) is 6.41. The van der Waals surface area contributed by atoms with E-state index in [1.54, 1.807) is 6.26 Å². The fourth-order valence-corrected chi connectivity index (χ4v) is 2.94. The van der Waals surface area contributed by atoms with Crippen molar-refractivity contribution in [1.82, 2.24) is 5.32 Å². The maximum absolute atomic E-state index is 10.8. The molecule has 0 aromatic carbocycles. The Morgan fingerprint density at radius 3 is 2.73 bits per heavy atom. The van der Waals surface area contributed by atoms with Gasteiger partial charge in [0.05, 0.1) is 0 Å². The highest BCUT2D eigenvalue weighted by atomic mass is 32.2. The van der Waals surface area contributed by atoms with Crippen LogP contribution in [-0.4, -0.2) is 29.3 Å². The SMILES string of the molecule is C[C@@H]1CCCC[C@H]1CNCCC[S@](C)=O. The van der Waals surface area contributed by atoms with E-state index in [1.807, 2.05) is 0 Å². The summed E-state index contributed by atoms with van der Waals surface area (Å²) in [6, 6.07) is 0.